The standard InChI is InChI=1S/C21H19ClO5/c1-11-6-5-7-12(2)16(11)21(24)27-18-15-10-13(22)8-9-14(15)17(23)19(25-3)20(18)26-4/h5-10,23H,1-4H3. The van der Waals surface area contributed by atoms with Crippen LogP contribution in [0.5, 0.6) is 23.0 Å². The molecule has 5 nitrogen and oxygen atoms in total. The number of hydrogen-bond acceptors (Lipinski definition) is 5. The van der Waals surface area contributed by atoms with Crippen molar-refractivity contribution in [1.82, 2.24) is 0 Å². The fourth-order valence-electron chi connectivity index (χ4n) is 3.12. The van der Waals surface area contributed by atoms with Gasteiger partial charge in [-0.1, -0.05) is 29.8 Å². The summed E-state index contributed by atoms with van der Waals surface area (Å²) in [5.41, 5.74) is 2.07. The zero-order valence-electron chi connectivity index (χ0n) is 15.4. The molecule has 0 atom stereocenters. The second-order valence-electron chi connectivity index (χ2n) is 6.09. The number of phenolic OH excluding ortho intramolecular Hbond substituents is 1. The van der Waals surface area contributed by atoms with Crippen molar-refractivity contribution >= 4 is 28.3 Å². The summed E-state index contributed by atoms with van der Waals surface area (Å²) >= 11 is 6.12. The number of ether oxygens (including phenoxy) is 3. The zero-order chi connectivity index (χ0) is 19.7. The van der Waals surface area contributed by atoms with Gasteiger partial charge >= 0.3 is 5.97 Å². The van der Waals surface area contributed by atoms with Crippen LogP contribution >= 0.6 is 11.6 Å². The first-order valence-electron chi connectivity index (χ1n) is 8.23. The number of phenols is 1. The van der Waals surface area contributed by atoms with Crippen LogP contribution in [-0.2, 0) is 0 Å². The Bertz CT molecular complexity index is 1020. The van der Waals surface area contributed by atoms with Crippen molar-refractivity contribution in [2.45, 2.75) is 13.8 Å². The molecule has 3 aromatic rings. The maximum atomic E-state index is 12.9. The lowest BCUT2D eigenvalue weighted by Crippen LogP contribution is -2.13. The molecule has 0 bridgehead atoms. The number of methoxy groups -OCH3 is 2. The lowest BCUT2D eigenvalue weighted by molar-refractivity contribution is 0.0730. The Hall–Kier alpha value is -2.92. The Morgan fingerprint density at radius 2 is 1.56 bits per heavy atom. The average molecular weight is 387 g/mol. The molecule has 0 aliphatic carbocycles. The van der Waals surface area contributed by atoms with Crippen molar-refractivity contribution in [2.75, 3.05) is 14.2 Å². The molecule has 6 heteroatoms. The van der Waals surface area contributed by atoms with Gasteiger partial charge in [0.2, 0.25) is 11.5 Å². The number of fused-ring (bicyclic) bond motifs is 1. The van der Waals surface area contributed by atoms with Crippen LogP contribution in [0.15, 0.2) is 36.4 Å². The molecule has 0 heterocycles. The lowest BCUT2D eigenvalue weighted by Gasteiger charge is -2.18. The number of rotatable bonds is 4. The minimum atomic E-state index is -0.530. The van der Waals surface area contributed by atoms with Gasteiger partial charge in [-0.15, -0.1) is 0 Å². The number of carbonyl (C=O) groups excluding carboxylic acids is 1. The minimum Gasteiger partial charge on any atom is -0.504 e. The molecule has 0 spiro atoms. The van der Waals surface area contributed by atoms with E-state index in [9.17, 15) is 9.90 Å². The number of aromatic hydroxyl groups is 1. The largest absolute Gasteiger partial charge is 0.504 e. The SMILES string of the molecule is COc1c(OC)c(OC(=O)c2c(C)cccc2C)c2cc(Cl)ccc2c1O. The summed E-state index contributed by atoms with van der Waals surface area (Å²) in [6.07, 6.45) is 0. The second kappa shape index (κ2) is 7.37. The molecular weight excluding hydrogens is 368 g/mol. The van der Waals surface area contributed by atoms with Gasteiger partial charge in [0.1, 0.15) is 0 Å². The molecule has 0 radical (unpaired) electrons. The van der Waals surface area contributed by atoms with Gasteiger partial charge in [-0.2, -0.15) is 0 Å². The summed E-state index contributed by atoms with van der Waals surface area (Å²) in [5, 5.41) is 11.8. The van der Waals surface area contributed by atoms with E-state index in [1.807, 2.05) is 32.0 Å². The van der Waals surface area contributed by atoms with Gasteiger partial charge in [-0.05, 0) is 43.2 Å². The molecule has 0 unspecified atom stereocenters. The number of halogens is 1. The molecule has 0 amide bonds. The van der Waals surface area contributed by atoms with Crippen molar-refractivity contribution in [3.8, 4) is 23.0 Å². The number of aryl methyl sites for hydroxylation is 2. The highest BCUT2D eigenvalue weighted by molar-refractivity contribution is 6.31. The van der Waals surface area contributed by atoms with E-state index in [-0.39, 0.29) is 23.0 Å². The molecule has 1 N–H and O–H groups in total. The Kier molecular flexibility index (Phi) is 5.15. The molecule has 140 valence electrons. The molecule has 3 rings (SSSR count). The van der Waals surface area contributed by atoms with E-state index in [0.29, 0.717) is 21.4 Å². The Morgan fingerprint density at radius 1 is 0.926 bits per heavy atom. The quantitative estimate of drug-likeness (QED) is 0.502. The molecule has 0 saturated heterocycles. The molecule has 0 aliphatic heterocycles. The Labute approximate surface area is 162 Å². The van der Waals surface area contributed by atoms with Crippen LogP contribution in [-0.4, -0.2) is 25.3 Å². The predicted octanol–water partition coefficient (Wildman–Crippen LogP) is 5.05. The van der Waals surface area contributed by atoms with Gasteiger partial charge in [-0.25, -0.2) is 4.79 Å². The van der Waals surface area contributed by atoms with Gasteiger partial charge in [0.15, 0.2) is 11.5 Å². The van der Waals surface area contributed by atoms with Crippen molar-refractivity contribution in [3.05, 3.63) is 58.1 Å². The summed E-state index contributed by atoms with van der Waals surface area (Å²) in [6, 6.07) is 10.4. The van der Waals surface area contributed by atoms with Crippen molar-refractivity contribution in [3.63, 3.8) is 0 Å². The number of hydrogen-bond donors (Lipinski definition) is 1. The first kappa shape index (κ1) is 18.9. The van der Waals surface area contributed by atoms with E-state index < -0.39 is 5.97 Å². The summed E-state index contributed by atoms with van der Waals surface area (Å²) in [4.78, 5) is 12.9. The van der Waals surface area contributed by atoms with Gasteiger partial charge in [0, 0.05) is 15.8 Å². The first-order chi connectivity index (χ1) is 12.9. The smallest absolute Gasteiger partial charge is 0.344 e. The van der Waals surface area contributed by atoms with Gasteiger partial charge in [0.25, 0.3) is 0 Å². The topological polar surface area (TPSA) is 65.0 Å². The molecule has 3 aromatic carbocycles. The highest BCUT2D eigenvalue weighted by Gasteiger charge is 2.25. The summed E-state index contributed by atoms with van der Waals surface area (Å²) in [6.45, 7) is 3.68. The van der Waals surface area contributed by atoms with E-state index in [4.69, 9.17) is 25.8 Å². The van der Waals surface area contributed by atoms with Crippen molar-refractivity contribution < 1.29 is 24.1 Å². The third-order valence-corrected chi connectivity index (χ3v) is 4.63. The number of esters is 1. The molecule has 0 saturated carbocycles. The highest BCUT2D eigenvalue weighted by Crippen LogP contribution is 2.51. The molecule has 0 aliphatic rings. The second-order valence-corrected chi connectivity index (χ2v) is 6.53. The first-order valence-corrected chi connectivity index (χ1v) is 8.61. The van der Waals surface area contributed by atoms with Crippen molar-refractivity contribution in [2.24, 2.45) is 0 Å². The van der Waals surface area contributed by atoms with Crippen LogP contribution < -0.4 is 14.2 Å². The van der Waals surface area contributed by atoms with E-state index in [0.717, 1.165) is 11.1 Å². The summed E-state index contributed by atoms with van der Waals surface area (Å²) in [7, 11) is 2.81. The van der Waals surface area contributed by atoms with Crippen molar-refractivity contribution in [1.29, 1.82) is 0 Å². The van der Waals surface area contributed by atoms with Crippen LogP contribution in [0.2, 0.25) is 5.02 Å². The fourth-order valence-corrected chi connectivity index (χ4v) is 3.29. The summed E-state index contributed by atoms with van der Waals surface area (Å²) in [5.74, 6) is -0.316. The maximum absolute atomic E-state index is 12.9. The average Bonchev–Trinajstić information content (AvgIpc) is 2.63. The molecular formula is C21H19ClO5. The monoisotopic (exact) mass is 386 g/mol. The van der Waals surface area contributed by atoms with Gasteiger partial charge in [-0.3, -0.25) is 0 Å². The van der Waals surface area contributed by atoms with Gasteiger partial charge < -0.3 is 19.3 Å². The summed E-state index contributed by atoms with van der Waals surface area (Å²) < 4.78 is 16.4. The molecule has 0 aromatic heterocycles. The highest BCUT2D eigenvalue weighted by atomic mass is 35.5. The number of benzene rings is 3. The third kappa shape index (κ3) is 3.26. The zero-order valence-corrected chi connectivity index (χ0v) is 16.2. The van der Waals surface area contributed by atoms with Crippen LogP contribution in [0.3, 0.4) is 0 Å². The maximum Gasteiger partial charge on any atom is 0.344 e. The Balaban J connectivity index is 2.25. The lowest BCUT2D eigenvalue weighted by atomic mass is 10.0. The van der Waals surface area contributed by atoms with Gasteiger partial charge in [0.05, 0.1) is 19.8 Å². The van der Waals surface area contributed by atoms with Crippen LogP contribution in [0.25, 0.3) is 10.8 Å². The normalized spacial score (nSPS) is 10.7. The van der Waals surface area contributed by atoms with Crippen LogP contribution in [0.4, 0.5) is 0 Å². The van der Waals surface area contributed by atoms with E-state index in [1.165, 1.54) is 14.2 Å². The molecule has 27 heavy (non-hydrogen) atoms. The van der Waals surface area contributed by atoms with Crippen LogP contribution in [0, 0.1) is 13.8 Å². The number of carbonyl (C=O) groups is 1. The van der Waals surface area contributed by atoms with E-state index in [1.54, 1.807) is 18.2 Å². The Morgan fingerprint density at radius 3 is 2.15 bits per heavy atom. The van der Waals surface area contributed by atoms with E-state index in [2.05, 4.69) is 0 Å². The van der Waals surface area contributed by atoms with Crippen LogP contribution in [0.1, 0.15) is 21.5 Å². The van der Waals surface area contributed by atoms with E-state index >= 15 is 0 Å². The molecule has 0 fully saturated rings. The fraction of sp³-hybridized carbons (Fsp3) is 0.190. The minimum absolute atomic E-state index is 0.0802. The predicted molar refractivity (Wildman–Crippen MR) is 105 cm³/mol. The third-order valence-electron chi connectivity index (χ3n) is 4.40.